The highest BCUT2D eigenvalue weighted by molar-refractivity contribution is 5.79. The maximum absolute atomic E-state index is 13.1. The van der Waals surface area contributed by atoms with E-state index in [1.54, 1.807) is 0 Å². The van der Waals surface area contributed by atoms with E-state index in [9.17, 15) is 24.0 Å². The number of hydrogen-bond donors (Lipinski definition) is 1. The molecule has 12 heteroatoms. The molecule has 1 amide bonds. The third-order valence-electron chi connectivity index (χ3n) is 6.61. The lowest BCUT2D eigenvalue weighted by Crippen LogP contribution is -2.67. The number of amides is 1. The summed E-state index contributed by atoms with van der Waals surface area (Å²) in [5.74, 6) is -3.18. The largest absolute Gasteiger partial charge is 0.463 e. The summed E-state index contributed by atoms with van der Waals surface area (Å²) in [5.41, 5.74) is 4.10. The van der Waals surface area contributed by atoms with Crippen LogP contribution in [0.1, 0.15) is 44.7 Å². The van der Waals surface area contributed by atoms with Crippen LogP contribution in [0.15, 0.2) is 48.5 Å². The zero-order valence-corrected chi connectivity index (χ0v) is 23.0. The van der Waals surface area contributed by atoms with Crippen molar-refractivity contribution in [2.45, 2.75) is 64.3 Å². The zero-order chi connectivity index (χ0) is 29.7. The third-order valence-corrected chi connectivity index (χ3v) is 6.61. The van der Waals surface area contributed by atoms with E-state index in [1.807, 2.05) is 48.5 Å². The van der Waals surface area contributed by atoms with Crippen molar-refractivity contribution in [2.75, 3.05) is 13.2 Å². The Morgan fingerprint density at radius 3 is 1.76 bits per heavy atom. The SMILES string of the molecule is CC(=O)OC[C@H]1O[C@@H](OC(C)=O)[C@H](NC(=O)OCC2c3ccccc3-c3ccccc32)[C@@H](OC(C)=O)[C@H]1OC(C)=O. The predicted molar refractivity (Wildman–Crippen MR) is 140 cm³/mol. The van der Waals surface area contributed by atoms with Gasteiger partial charge in [0.15, 0.2) is 12.2 Å². The van der Waals surface area contributed by atoms with Crippen molar-refractivity contribution in [1.29, 1.82) is 0 Å². The number of carbonyl (C=O) groups excluding carboxylic acids is 5. The molecule has 218 valence electrons. The standard InChI is InChI=1S/C29H31NO11/c1-15(31)36-14-24-26(38-16(2)32)27(39-17(3)33)25(28(41-24)40-18(4)34)30-29(35)37-13-23-21-11-7-5-9-19(21)20-10-6-8-12-22(20)23/h5-12,23-28H,13-14H2,1-4H3,(H,30,35)/t24-,25-,26+,27-,28-/m1/s1. The molecule has 5 atom stereocenters. The maximum Gasteiger partial charge on any atom is 0.407 e. The first-order valence-electron chi connectivity index (χ1n) is 13.0. The van der Waals surface area contributed by atoms with Gasteiger partial charge >= 0.3 is 30.0 Å². The molecular formula is C29H31NO11. The van der Waals surface area contributed by atoms with Gasteiger partial charge in [-0.15, -0.1) is 0 Å². The van der Waals surface area contributed by atoms with Crippen LogP contribution in [0, 0.1) is 0 Å². The van der Waals surface area contributed by atoms with E-state index in [1.165, 1.54) is 0 Å². The first kappa shape index (κ1) is 29.5. The minimum absolute atomic E-state index is 0.0215. The first-order chi connectivity index (χ1) is 19.5. The molecule has 1 N–H and O–H groups in total. The smallest absolute Gasteiger partial charge is 0.407 e. The number of ether oxygens (including phenoxy) is 6. The van der Waals surface area contributed by atoms with Crippen molar-refractivity contribution in [3.05, 3.63) is 59.7 Å². The molecule has 2 aliphatic rings. The zero-order valence-electron chi connectivity index (χ0n) is 23.0. The number of nitrogens with one attached hydrogen (secondary N) is 1. The molecule has 1 fully saturated rings. The first-order valence-corrected chi connectivity index (χ1v) is 13.0. The van der Waals surface area contributed by atoms with E-state index < -0.39 is 67.2 Å². The van der Waals surface area contributed by atoms with E-state index in [4.69, 9.17) is 28.4 Å². The minimum atomic E-state index is -1.51. The van der Waals surface area contributed by atoms with Gasteiger partial charge in [0.2, 0.25) is 6.29 Å². The fourth-order valence-electron chi connectivity index (χ4n) is 5.10. The fraction of sp³-hybridized carbons (Fsp3) is 0.414. The van der Waals surface area contributed by atoms with Crippen molar-refractivity contribution < 1.29 is 52.4 Å². The molecule has 0 unspecified atom stereocenters. The number of carbonyl (C=O) groups is 5. The average molecular weight is 570 g/mol. The summed E-state index contributed by atoms with van der Waals surface area (Å²) in [6.45, 7) is 4.09. The van der Waals surface area contributed by atoms with Gasteiger partial charge in [-0.2, -0.15) is 0 Å². The number of rotatable bonds is 8. The van der Waals surface area contributed by atoms with Crippen LogP contribution in [0.3, 0.4) is 0 Å². The molecule has 0 bridgehead atoms. The lowest BCUT2D eigenvalue weighted by atomic mass is 9.96. The summed E-state index contributed by atoms with van der Waals surface area (Å²) in [7, 11) is 0. The van der Waals surface area contributed by atoms with E-state index in [2.05, 4.69) is 5.32 Å². The molecule has 0 spiro atoms. The summed E-state index contributed by atoms with van der Waals surface area (Å²) in [5, 5.41) is 2.55. The second-order valence-corrected chi connectivity index (χ2v) is 9.60. The van der Waals surface area contributed by atoms with Crippen molar-refractivity contribution in [1.82, 2.24) is 5.32 Å². The Labute approximate surface area is 236 Å². The van der Waals surface area contributed by atoms with Gasteiger partial charge in [-0.1, -0.05) is 48.5 Å². The van der Waals surface area contributed by atoms with Gasteiger partial charge in [0.1, 0.15) is 25.4 Å². The van der Waals surface area contributed by atoms with E-state index >= 15 is 0 Å². The lowest BCUT2D eigenvalue weighted by Gasteiger charge is -2.44. The molecule has 1 saturated heterocycles. The molecule has 1 aliphatic heterocycles. The van der Waals surface area contributed by atoms with Gasteiger partial charge in [-0.05, 0) is 22.3 Å². The van der Waals surface area contributed by atoms with E-state index in [0.29, 0.717) is 0 Å². The van der Waals surface area contributed by atoms with E-state index in [-0.39, 0.29) is 12.5 Å². The Bertz CT molecular complexity index is 1280. The number of alkyl carbamates (subject to hydrolysis) is 1. The summed E-state index contributed by atoms with van der Waals surface area (Å²) < 4.78 is 32.5. The van der Waals surface area contributed by atoms with Gasteiger partial charge in [0, 0.05) is 33.6 Å². The van der Waals surface area contributed by atoms with Crippen LogP contribution in [0.25, 0.3) is 11.1 Å². The van der Waals surface area contributed by atoms with Crippen molar-refractivity contribution >= 4 is 30.0 Å². The normalized spacial score (nSPS) is 22.9. The second-order valence-electron chi connectivity index (χ2n) is 9.60. The highest BCUT2D eigenvalue weighted by Crippen LogP contribution is 2.44. The molecule has 1 aliphatic carbocycles. The highest BCUT2D eigenvalue weighted by Gasteiger charge is 2.52. The predicted octanol–water partition coefficient (Wildman–Crippen LogP) is 2.61. The number of fused-ring (bicyclic) bond motifs is 3. The van der Waals surface area contributed by atoms with Crippen LogP contribution in [0.2, 0.25) is 0 Å². The quantitative estimate of drug-likeness (QED) is 0.369. The maximum atomic E-state index is 13.1. The third kappa shape index (κ3) is 7.01. The molecule has 2 aromatic carbocycles. The Hall–Kier alpha value is -4.45. The van der Waals surface area contributed by atoms with Crippen molar-refractivity contribution in [3.63, 3.8) is 0 Å². The molecule has 0 saturated carbocycles. The number of esters is 4. The molecule has 1 heterocycles. The molecule has 41 heavy (non-hydrogen) atoms. The van der Waals surface area contributed by atoms with Gasteiger partial charge in [0.05, 0.1) is 0 Å². The lowest BCUT2D eigenvalue weighted by molar-refractivity contribution is -0.270. The van der Waals surface area contributed by atoms with Gasteiger partial charge in [0.25, 0.3) is 0 Å². The van der Waals surface area contributed by atoms with Gasteiger partial charge < -0.3 is 33.7 Å². The second kappa shape index (κ2) is 12.8. The molecule has 0 aromatic heterocycles. The summed E-state index contributed by atoms with van der Waals surface area (Å²) >= 11 is 0. The number of hydrogen-bond acceptors (Lipinski definition) is 11. The Morgan fingerprint density at radius 2 is 1.22 bits per heavy atom. The highest BCUT2D eigenvalue weighted by atomic mass is 16.7. The fourth-order valence-corrected chi connectivity index (χ4v) is 5.10. The van der Waals surface area contributed by atoms with Gasteiger partial charge in [-0.25, -0.2) is 4.79 Å². The summed E-state index contributed by atoms with van der Waals surface area (Å²) in [6.07, 6.45) is -6.35. The van der Waals surface area contributed by atoms with E-state index in [0.717, 1.165) is 49.9 Å². The van der Waals surface area contributed by atoms with Crippen LogP contribution < -0.4 is 5.32 Å². The Kier molecular flexibility index (Phi) is 9.23. The topological polar surface area (TPSA) is 153 Å². The van der Waals surface area contributed by atoms with Crippen molar-refractivity contribution in [3.8, 4) is 11.1 Å². The Morgan fingerprint density at radius 1 is 0.683 bits per heavy atom. The number of benzene rings is 2. The minimum Gasteiger partial charge on any atom is -0.463 e. The Balaban J connectivity index is 1.57. The van der Waals surface area contributed by atoms with Gasteiger partial charge in [-0.3, -0.25) is 19.2 Å². The van der Waals surface area contributed by atoms with Crippen LogP contribution in [0.4, 0.5) is 4.79 Å². The molecule has 0 radical (unpaired) electrons. The van der Waals surface area contributed by atoms with Crippen LogP contribution in [0.5, 0.6) is 0 Å². The average Bonchev–Trinajstić information content (AvgIpc) is 3.22. The summed E-state index contributed by atoms with van der Waals surface area (Å²) in [4.78, 5) is 60.5. The molecule has 4 rings (SSSR count). The van der Waals surface area contributed by atoms with Crippen LogP contribution in [-0.4, -0.2) is 73.8 Å². The summed E-state index contributed by atoms with van der Waals surface area (Å²) in [6, 6.07) is 14.3. The van der Waals surface area contributed by atoms with Crippen LogP contribution in [-0.2, 0) is 47.6 Å². The molecule has 2 aromatic rings. The van der Waals surface area contributed by atoms with Crippen molar-refractivity contribution in [2.24, 2.45) is 0 Å². The monoisotopic (exact) mass is 569 g/mol. The van der Waals surface area contributed by atoms with Crippen LogP contribution >= 0.6 is 0 Å². The molecular weight excluding hydrogens is 538 g/mol. The molecule has 12 nitrogen and oxygen atoms in total.